The normalized spacial score (nSPS) is 24.8. The highest BCUT2D eigenvalue weighted by molar-refractivity contribution is 7.99. The zero-order valence-corrected chi connectivity index (χ0v) is 13.8. The van der Waals surface area contributed by atoms with Gasteiger partial charge in [0.15, 0.2) is 0 Å². The van der Waals surface area contributed by atoms with E-state index in [0.29, 0.717) is 18.0 Å². The fraction of sp³-hybridized carbons (Fsp3) is 0.647. The highest BCUT2D eigenvalue weighted by Crippen LogP contribution is 2.19. The Labute approximate surface area is 128 Å². The van der Waals surface area contributed by atoms with Crippen molar-refractivity contribution in [1.82, 2.24) is 10.2 Å². The first-order valence-electron chi connectivity index (χ1n) is 7.82. The number of hydrogen-bond donors (Lipinski definition) is 1. The van der Waals surface area contributed by atoms with E-state index in [9.17, 15) is 0 Å². The third kappa shape index (κ3) is 4.80. The number of thioether (sulfide) groups is 1. The van der Waals surface area contributed by atoms with Gasteiger partial charge in [-0.3, -0.25) is 4.90 Å². The van der Waals surface area contributed by atoms with E-state index in [1.165, 1.54) is 30.2 Å². The first-order valence-corrected chi connectivity index (χ1v) is 8.80. The van der Waals surface area contributed by atoms with Crippen molar-refractivity contribution in [3.05, 3.63) is 30.3 Å². The summed E-state index contributed by atoms with van der Waals surface area (Å²) in [6, 6.07) is 12.1. The summed E-state index contributed by atoms with van der Waals surface area (Å²) in [6.07, 6.45) is 1.26. The van der Waals surface area contributed by atoms with Gasteiger partial charge in [0.1, 0.15) is 0 Å². The van der Waals surface area contributed by atoms with Crippen LogP contribution in [0.5, 0.6) is 0 Å². The number of rotatable bonds is 5. The van der Waals surface area contributed by atoms with Gasteiger partial charge in [-0.15, -0.1) is 11.8 Å². The molecule has 0 aromatic heterocycles. The van der Waals surface area contributed by atoms with E-state index >= 15 is 0 Å². The van der Waals surface area contributed by atoms with Gasteiger partial charge >= 0.3 is 0 Å². The fourth-order valence-electron chi connectivity index (χ4n) is 2.71. The predicted molar refractivity (Wildman–Crippen MR) is 89.4 cm³/mol. The van der Waals surface area contributed by atoms with Gasteiger partial charge in [0, 0.05) is 35.8 Å². The topological polar surface area (TPSA) is 15.3 Å². The van der Waals surface area contributed by atoms with Crippen LogP contribution in [0.1, 0.15) is 27.2 Å². The maximum atomic E-state index is 3.70. The van der Waals surface area contributed by atoms with Gasteiger partial charge in [-0.05, 0) is 37.9 Å². The van der Waals surface area contributed by atoms with Gasteiger partial charge < -0.3 is 5.32 Å². The monoisotopic (exact) mass is 292 g/mol. The molecule has 1 aromatic carbocycles. The Bertz CT molecular complexity index is 380. The minimum absolute atomic E-state index is 0.640. The average molecular weight is 292 g/mol. The molecule has 1 heterocycles. The third-order valence-electron chi connectivity index (χ3n) is 4.22. The summed E-state index contributed by atoms with van der Waals surface area (Å²) in [7, 11) is 0. The van der Waals surface area contributed by atoms with Crippen LogP contribution in [0, 0.1) is 5.92 Å². The molecule has 1 N–H and O–H groups in total. The summed E-state index contributed by atoms with van der Waals surface area (Å²) in [5.74, 6) is 1.89. The average Bonchev–Trinajstić information content (AvgIpc) is 2.63. The molecule has 112 valence electrons. The molecule has 0 radical (unpaired) electrons. The summed E-state index contributed by atoms with van der Waals surface area (Å²) >= 11 is 1.97. The molecule has 3 heteroatoms. The molecule has 1 aliphatic heterocycles. The summed E-state index contributed by atoms with van der Waals surface area (Å²) in [5.41, 5.74) is 0. The summed E-state index contributed by atoms with van der Waals surface area (Å²) < 4.78 is 0. The molecule has 1 saturated heterocycles. The van der Waals surface area contributed by atoms with Crippen LogP contribution in [-0.4, -0.2) is 42.4 Å². The Kier molecular flexibility index (Phi) is 6.40. The molecule has 0 bridgehead atoms. The van der Waals surface area contributed by atoms with Crippen molar-refractivity contribution in [2.24, 2.45) is 5.92 Å². The molecule has 1 aromatic rings. The molecule has 2 rings (SSSR count). The number of hydrogen-bond acceptors (Lipinski definition) is 3. The van der Waals surface area contributed by atoms with Gasteiger partial charge in [-0.25, -0.2) is 0 Å². The van der Waals surface area contributed by atoms with E-state index in [-0.39, 0.29) is 0 Å². The lowest BCUT2D eigenvalue weighted by Crippen LogP contribution is -2.43. The van der Waals surface area contributed by atoms with E-state index in [4.69, 9.17) is 0 Å². The van der Waals surface area contributed by atoms with Gasteiger partial charge in [0.05, 0.1) is 0 Å². The van der Waals surface area contributed by atoms with Crippen molar-refractivity contribution < 1.29 is 0 Å². The molecule has 0 aliphatic carbocycles. The predicted octanol–water partition coefficient (Wildman–Crippen LogP) is 3.49. The van der Waals surface area contributed by atoms with Gasteiger partial charge in [-0.2, -0.15) is 0 Å². The highest BCUT2D eigenvalue weighted by atomic mass is 32.2. The van der Waals surface area contributed by atoms with E-state index in [1.807, 2.05) is 11.8 Å². The van der Waals surface area contributed by atoms with Gasteiger partial charge in [0.2, 0.25) is 0 Å². The number of nitrogens with one attached hydrogen (secondary N) is 1. The standard InChI is InChI=1S/C17H28N2S/c1-14(2)17-13-19(15(3)9-10-18-17)11-12-20-16-7-5-4-6-8-16/h4-8,14-15,17-18H,9-13H2,1-3H3. The zero-order chi connectivity index (χ0) is 14.4. The zero-order valence-electron chi connectivity index (χ0n) is 13.0. The van der Waals surface area contributed by atoms with Crippen LogP contribution in [0.4, 0.5) is 0 Å². The Hall–Kier alpha value is -0.510. The Morgan fingerprint density at radius 2 is 2.05 bits per heavy atom. The first kappa shape index (κ1) is 15.9. The minimum atomic E-state index is 0.640. The molecule has 20 heavy (non-hydrogen) atoms. The van der Waals surface area contributed by atoms with E-state index in [2.05, 4.69) is 61.3 Å². The smallest absolute Gasteiger partial charge is 0.0218 e. The minimum Gasteiger partial charge on any atom is -0.312 e. The fourth-order valence-corrected chi connectivity index (χ4v) is 3.62. The molecule has 2 atom stereocenters. The van der Waals surface area contributed by atoms with Crippen LogP contribution in [0.3, 0.4) is 0 Å². The maximum Gasteiger partial charge on any atom is 0.0218 e. The molecule has 0 saturated carbocycles. The van der Waals surface area contributed by atoms with Gasteiger partial charge in [-0.1, -0.05) is 32.0 Å². The highest BCUT2D eigenvalue weighted by Gasteiger charge is 2.24. The van der Waals surface area contributed by atoms with Crippen molar-refractivity contribution in [2.45, 2.75) is 44.2 Å². The quantitative estimate of drug-likeness (QED) is 0.836. The molecule has 1 fully saturated rings. The SMILES string of the molecule is CC(C)C1CN(CCSc2ccccc2)C(C)CCN1. The van der Waals surface area contributed by atoms with Crippen molar-refractivity contribution >= 4 is 11.8 Å². The van der Waals surface area contributed by atoms with E-state index in [0.717, 1.165) is 6.54 Å². The molecule has 2 unspecified atom stereocenters. The van der Waals surface area contributed by atoms with Crippen molar-refractivity contribution in [3.63, 3.8) is 0 Å². The van der Waals surface area contributed by atoms with Crippen LogP contribution in [0.15, 0.2) is 35.2 Å². The lowest BCUT2D eigenvalue weighted by atomic mass is 10.0. The molecule has 1 aliphatic rings. The molecule has 0 amide bonds. The number of nitrogens with zero attached hydrogens (tertiary/aromatic N) is 1. The van der Waals surface area contributed by atoms with Crippen molar-refractivity contribution in [1.29, 1.82) is 0 Å². The van der Waals surface area contributed by atoms with Crippen LogP contribution in [0.2, 0.25) is 0 Å². The molecule has 2 nitrogen and oxygen atoms in total. The van der Waals surface area contributed by atoms with E-state index in [1.54, 1.807) is 0 Å². The van der Waals surface area contributed by atoms with Crippen molar-refractivity contribution in [3.8, 4) is 0 Å². The summed E-state index contributed by atoms with van der Waals surface area (Å²) in [5, 5.41) is 3.70. The lowest BCUT2D eigenvalue weighted by Gasteiger charge is -2.30. The third-order valence-corrected chi connectivity index (χ3v) is 5.21. The molecular formula is C17H28N2S. The maximum absolute atomic E-state index is 3.70. The van der Waals surface area contributed by atoms with Crippen LogP contribution < -0.4 is 5.32 Å². The second-order valence-electron chi connectivity index (χ2n) is 6.10. The number of benzene rings is 1. The lowest BCUT2D eigenvalue weighted by molar-refractivity contribution is 0.204. The van der Waals surface area contributed by atoms with Crippen molar-refractivity contribution in [2.75, 3.05) is 25.4 Å². The first-order chi connectivity index (χ1) is 9.66. The largest absolute Gasteiger partial charge is 0.312 e. The Balaban J connectivity index is 1.83. The summed E-state index contributed by atoms with van der Waals surface area (Å²) in [6.45, 7) is 10.6. The van der Waals surface area contributed by atoms with Gasteiger partial charge in [0.25, 0.3) is 0 Å². The van der Waals surface area contributed by atoms with E-state index < -0.39 is 0 Å². The second kappa shape index (κ2) is 8.06. The molecular weight excluding hydrogens is 264 g/mol. The second-order valence-corrected chi connectivity index (χ2v) is 7.27. The Morgan fingerprint density at radius 3 is 2.75 bits per heavy atom. The molecule has 0 spiro atoms. The van der Waals surface area contributed by atoms with Crippen LogP contribution in [-0.2, 0) is 0 Å². The van der Waals surface area contributed by atoms with Crippen LogP contribution in [0.25, 0.3) is 0 Å². The Morgan fingerprint density at radius 1 is 1.30 bits per heavy atom. The summed E-state index contributed by atoms with van der Waals surface area (Å²) in [4.78, 5) is 4.05. The van der Waals surface area contributed by atoms with Crippen LogP contribution >= 0.6 is 11.8 Å².